The van der Waals surface area contributed by atoms with Crippen molar-refractivity contribution in [3.8, 4) is 11.1 Å². The first-order valence-corrected chi connectivity index (χ1v) is 15.4. The van der Waals surface area contributed by atoms with E-state index in [0.717, 1.165) is 14.0 Å². The van der Waals surface area contributed by atoms with E-state index in [-0.39, 0.29) is 4.90 Å². The Morgan fingerprint density at radius 3 is 2.36 bits per heavy atom. The highest BCUT2D eigenvalue weighted by Crippen LogP contribution is 2.32. The maximum absolute atomic E-state index is 16.1. The molecule has 0 radical (unpaired) electrons. The third-order valence-electron chi connectivity index (χ3n) is 6.59. The van der Waals surface area contributed by atoms with Gasteiger partial charge >= 0.3 is 6.18 Å². The van der Waals surface area contributed by atoms with Gasteiger partial charge in [-0.05, 0) is 66.6 Å². The second-order valence-electron chi connectivity index (χ2n) is 10.2. The van der Waals surface area contributed by atoms with E-state index in [9.17, 15) is 30.3 Å². The number of benzene rings is 4. The number of amides is 1. The van der Waals surface area contributed by atoms with Gasteiger partial charge in [0.25, 0.3) is 0 Å². The van der Waals surface area contributed by atoms with E-state index in [1.165, 1.54) is 0 Å². The SMILES string of the molecule is [2H]c1c([2H])c(F)c(F)c(C([2H])([2H])Sc2c([2H])c(=O)c3c([2H])c(C)c([2H])c([2H])c3n2C([2H])([2H])C(=O)N(C([2H])([2H])c2c([2H])c([2H])c(-c3c([2H])c([2H])c(C(F)(F)F)c([2H])c3[2H])c([2H])c2[2H])C2([2H])C([2H])([2H])C([2H])([2H])N(CCOC)C([2H])([2H])C2([2H])[2H])c1[2H]. The van der Waals surface area contributed by atoms with Crippen LogP contribution >= 0.6 is 11.8 Å². The fourth-order valence-corrected chi connectivity index (χ4v) is 4.81. The van der Waals surface area contributed by atoms with Gasteiger partial charge in [0.1, 0.15) is 6.50 Å². The highest BCUT2D eigenvalue weighted by Gasteiger charge is 2.31. The number of rotatable bonds is 12. The molecule has 6 rings (SSSR count). The van der Waals surface area contributed by atoms with E-state index in [0.29, 0.717) is 0 Å². The third kappa shape index (κ3) is 9.17. The molecule has 0 N–H and O–H groups in total. The van der Waals surface area contributed by atoms with Crippen LogP contribution in [0.4, 0.5) is 22.0 Å². The van der Waals surface area contributed by atoms with Crippen molar-refractivity contribution in [2.45, 2.75) is 55.6 Å². The Kier molecular flexibility index (Phi) is 4.93. The van der Waals surface area contributed by atoms with E-state index in [1.807, 2.05) is 0 Å². The lowest BCUT2D eigenvalue weighted by Gasteiger charge is -2.39. The molecular weight excluding hydrogens is 710 g/mol. The van der Waals surface area contributed by atoms with Gasteiger partial charge in [0.15, 0.2) is 17.1 Å². The summed E-state index contributed by atoms with van der Waals surface area (Å²) in [5.74, 6) is -7.84. The predicted octanol–water partition coefficient (Wildman–Crippen LogP) is 8.71. The molecule has 12 heteroatoms. The summed E-state index contributed by atoms with van der Waals surface area (Å²) in [7, 11) is 0.955. The zero-order chi connectivity index (χ0) is 64.2. The Morgan fingerprint density at radius 2 is 1.70 bits per heavy atom. The summed E-state index contributed by atoms with van der Waals surface area (Å²) < 4.78 is 345. The highest BCUT2D eigenvalue weighted by molar-refractivity contribution is 7.98. The number of piperidine rings is 1. The van der Waals surface area contributed by atoms with Gasteiger partial charge in [0, 0.05) is 75.6 Å². The van der Waals surface area contributed by atoms with Crippen LogP contribution in [0.5, 0.6) is 0 Å². The van der Waals surface area contributed by atoms with Gasteiger partial charge in [-0.25, -0.2) is 8.78 Å². The molecule has 1 saturated heterocycles. The van der Waals surface area contributed by atoms with Crippen LogP contribution in [0.1, 0.15) is 76.1 Å². The number of likely N-dealkylation sites (tertiary alicyclic amines) is 1. The Hall–Kier alpha value is -4.52. The van der Waals surface area contributed by atoms with Crippen LogP contribution in [0.3, 0.4) is 0 Å². The van der Waals surface area contributed by atoms with E-state index in [1.54, 1.807) is 0 Å². The molecular formula is C41H40F5N3O3S. The molecule has 278 valence electrons. The molecule has 2 heterocycles. The molecule has 0 bridgehead atoms. The average Bonchev–Trinajstić information content (AvgIpc) is 2.31. The van der Waals surface area contributed by atoms with Gasteiger partial charge in [-0.2, -0.15) is 13.2 Å². The van der Waals surface area contributed by atoms with Gasteiger partial charge in [0.05, 0.1) is 50.1 Å². The molecule has 1 fully saturated rings. The van der Waals surface area contributed by atoms with Crippen LogP contribution in [0, 0.1) is 18.6 Å². The topological polar surface area (TPSA) is 54.8 Å². The first-order valence-electron chi connectivity index (χ1n) is 29.6. The van der Waals surface area contributed by atoms with Crippen LogP contribution in [0.15, 0.2) is 100 Å². The molecule has 1 amide bonds. The smallest absolute Gasteiger partial charge is 0.383 e. The lowest BCUT2D eigenvalue weighted by molar-refractivity contribution is -0.137. The van der Waals surface area contributed by atoms with Crippen LogP contribution in [0.2, 0.25) is 0 Å². The number of ether oxygens (including phenoxy) is 1. The second kappa shape index (κ2) is 16.7. The largest absolute Gasteiger partial charge is 0.416 e. The fourth-order valence-electron chi connectivity index (χ4n) is 4.10. The summed E-state index contributed by atoms with van der Waals surface area (Å²) in [6, 6.07) is -30.2. The number of methoxy groups -OCH3 is 1. The van der Waals surface area contributed by atoms with Gasteiger partial charge in [-0.3, -0.25) is 9.59 Å². The number of halogens is 5. The number of alkyl halides is 3. The van der Waals surface area contributed by atoms with Crippen molar-refractivity contribution in [3.05, 3.63) is 135 Å². The van der Waals surface area contributed by atoms with Gasteiger partial charge in [-0.15, -0.1) is 11.8 Å². The lowest BCUT2D eigenvalue weighted by atomic mass is 10.00. The zero-order valence-electron chi connectivity index (χ0n) is 56.8. The molecule has 6 nitrogen and oxygen atoms in total. The summed E-state index contributed by atoms with van der Waals surface area (Å²) in [6.07, 6.45) is -15.2. The minimum absolute atomic E-state index is 0.244. The molecule has 0 spiro atoms. The van der Waals surface area contributed by atoms with Crippen LogP contribution in [0.25, 0.3) is 22.0 Å². The molecule has 0 saturated carbocycles. The summed E-state index contributed by atoms with van der Waals surface area (Å²) >= 11 is -0.862. The van der Waals surface area contributed by atoms with Crippen molar-refractivity contribution >= 4 is 28.6 Å². The number of carbonyl (C=O) groups is 1. The van der Waals surface area contributed by atoms with E-state index in [4.69, 9.17) is 33.5 Å². The number of hydrogen-bond donors (Lipinski definition) is 0. The second-order valence-corrected chi connectivity index (χ2v) is 11.0. The Bertz CT molecular complexity index is 3560. The van der Waals surface area contributed by atoms with Crippen molar-refractivity contribution in [1.29, 1.82) is 0 Å². The number of thioether (sulfide) groups is 1. The molecule has 0 atom stereocenters. The Balaban J connectivity index is 1.87. The van der Waals surface area contributed by atoms with E-state index >= 15 is 13.6 Å². The van der Waals surface area contributed by atoms with Crippen molar-refractivity contribution < 1.29 is 72.6 Å². The number of pyridine rings is 1. The Morgan fingerprint density at radius 1 is 1.02 bits per heavy atom. The third-order valence-corrected chi connectivity index (χ3v) is 7.38. The van der Waals surface area contributed by atoms with Gasteiger partial charge < -0.3 is 19.1 Å². The highest BCUT2D eigenvalue weighted by atomic mass is 32.2. The monoisotopic (exact) mass is 779 g/mol. The summed E-state index contributed by atoms with van der Waals surface area (Å²) in [5, 5.41) is -3.16. The van der Waals surface area contributed by atoms with Crippen LogP contribution in [-0.4, -0.2) is 59.5 Å². The molecule has 0 unspecified atom stereocenters. The summed E-state index contributed by atoms with van der Waals surface area (Å²) in [4.78, 5) is 28.8. The quantitative estimate of drug-likeness (QED) is 0.0938. The molecule has 0 aliphatic carbocycles. The molecule has 1 aromatic heterocycles. The van der Waals surface area contributed by atoms with E-state index < -0.39 is 254 Å². The number of carbonyl (C=O) groups excluding carboxylic acids is 1. The van der Waals surface area contributed by atoms with E-state index in [2.05, 4.69) is 0 Å². The van der Waals surface area contributed by atoms with Crippen molar-refractivity contribution in [3.63, 3.8) is 0 Å². The average molecular weight is 780 g/mol. The van der Waals surface area contributed by atoms with Crippen molar-refractivity contribution in [2.75, 3.05) is 33.3 Å². The molecule has 1 aliphatic rings. The number of nitrogens with zero attached hydrogens (tertiary/aromatic N) is 3. The number of hydrogen-bond acceptors (Lipinski definition) is 5. The molecule has 5 aromatic rings. The van der Waals surface area contributed by atoms with Crippen molar-refractivity contribution in [1.82, 2.24) is 14.4 Å². The minimum Gasteiger partial charge on any atom is -0.383 e. The van der Waals surface area contributed by atoms with Crippen molar-refractivity contribution in [2.24, 2.45) is 0 Å². The standard InChI is InChI=1S/C41H40F5N3O3S/c1-27-6-15-36-34(22-27)37(50)23-39(53-26-31-4-3-5-35(42)40(31)43)49(36)25-38(51)48(33-16-18-47(19-17-33)20-21-52-2)24-28-7-9-29(10-8-28)30-11-13-32(14-12-30)41(44,45)46/h3-15,22-23,33H,16-21,24-26H2,1-2H3/i3D,4D,5D,6D,7D,8D,9D,10D,11D,12D,13D,14D,15D,16D2,17D2,18D2,19D2,22D,23D,24D2,25D2,26D2,33D. The fraction of sp³-hybridized carbons (Fsp3) is 0.317. The molecule has 1 aliphatic heterocycles. The summed E-state index contributed by atoms with van der Waals surface area (Å²) in [5.41, 5.74) is -17.1. The maximum Gasteiger partial charge on any atom is 0.416 e. The maximum atomic E-state index is 16.1. The number of fused-ring (bicyclic) bond motifs is 1. The number of aromatic nitrogens is 1. The molecule has 53 heavy (non-hydrogen) atoms. The van der Waals surface area contributed by atoms with Gasteiger partial charge in [0.2, 0.25) is 5.91 Å². The van der Waals surface area contributed by atoms with Crippen LogP contribution in [-0.2, 0) is 34.4 Å². The first kappa shape index (κ1) is 15.7. The van der Waals surface area contributed by atoms with Crippen LogP contribution < -0.4 is 5.43 Å². The molecule has 4 aromatic carbocycles. The Labute approximate surface area is 351 Å². The van der Waals surface area contributed by atoms with Gasteiger partial charge in [-0.1, -0.05) is 59.9 Å². The summed E-state index contributed by atoms with van der Waals surface area (Å²) in [6.45, 7) is -19.6. The zero-order valence-corrected chi connectivity index (χ0v) is 27.6. The predicted molar refractivity (Wildman–Crippen MR) is 198 cm³/mol. The lowest BCUT2D eigenvalue weighted by Crippen LogP contribution is -2.48. The first-order chi connectivity index (χ1) is 37.4. The minimum atomic E-state index is -5.60. The normalized spacial score (nSPS) is 27.5.